The molecule has 6 nitrogen and oxygen atoms in total. The summed E-state index contributed by atoms with van der Waals surface area (Å²) in [4.78, 5) is 36.4. The molecule has 140 valence electrons. The highest BCUT2D eigenvalue weighted by atomic mass is 32.1. The number of H-pyrrole nitrogens is 1. The molecule has 1 aliphatic heterocycles. The van der Waals surface area contributed by atoms with Crippen LogP contribution < -0.4 is 10.9 Å². The summed E-state index contributed by atoms with van der Waals surface area (Å²) in [6, 6.07) is 1.10. The Morgan fingerprint density at radius 1 is 1.27 bits per heavy atom. The van der Waals surface area contributed by atoms with Gasteiger partial charge in [-0.15, -0.1) is 11.3 Å². The minimum atomic E-state index is -0.0975. The van der Waals surface area contributed by atoms with Gasteiger partial charge < -0.3 is 15.2 Å². The van der Waals surface area contributed by atoms with Crippen molar-refractivity contribution in [3.63, 3.8) is 0 Å². The van der Waals surface area contributed by atoms with Gasteiger partial charge in [-0.1, -0.05) is 0 Å². The predicted octanol–water partition coefficient (Wildman–Crippen LogP) is 2.28. The highest BCUT2D eigenvalue weighted by molar-refractivity contribution is 7.18. The smallest absolute Gasteiger partial charge is 0.259 e. The molecule has 1 saturated heterocycles. The molecule has 1 saturated carbocycles. The number of hydrogen-bond donors (Lipinski definition) is 2. The maximum atomic E-state index is 12.3. The van der Waals surface area contributed by atoms with E-state index in [0.29, 0.717) is 24.1 Å². The fourth-order valence-electron chi connectivity index (χ4n) is 3.80. The average Bonchev–Trinajstić information content (AvgIpc) is 3.41. The third-order valence-corrected chi connectivity index (χ3v) is 6.74. The fourth-order valence-corrected chi connectivity index (χ4v) is 4.85. The number of likely N-dealkylation sites (tertiary alicyclic amines) is 1. The first-order chi connectivity index (χ1) is 12.5. The molecular weight excluding hydrogens is 348 g/mol. The summed E-state index contributed by atoms with van der Waals surface area (Å²) >= 11 is 1.54. The predicted molar refractivity (Wildman–Crippen MR) is 104 cm³/mol. The van der Waals surface area contributed by atoms with Gasteiger partial charge in [-0.3, -0.25) is 9.59 Å². The first-order valence-electron chi connectivity index (χ1n) is 9.53. The van der Waals surface area contributed by atoms with Crippen molar-refractivity contribution in [3.05, 3.63) is 26.6 Å². The molecule has 1 amide bonds. The minimum Gasteiger partial charge on any atom is -0.353 e. The second-order valence-electron chi connectivity index (χ2n) is 7.58. The van der Waals surface area contributed by atoms with Gasteiger partial charge in [-0.2, -0.15) is 0 Å². The Hall–Kier alpha value is -1.73. The molecule has 3 heterocycles. The van der Waals surface area contributed by atoms with E-state index in [1.165, 1.54) is 12.8 Å². The fraction of sp³-hybridized carbons (Fsp3) is 0.632. The van der Waals surface area contributed by atoms with Crippen LogP contribution in [0, 0.1) is 13.8 Å². The molecule has 0 spiro atoms. The van der Waals surface area contributed by atoms with Crippen molar-refractivity contribution < 1.29 is 4.79 Å². The second-order valence-corrected chi connectivity index (χ2v) is 8.79. The number of hydrogen-bond acceptors (Lipinski definition) is 5. The van der Waals surface area contributed by atoms with Crippen LogP contribution in [0.5, 0.6) is 0 Å². The number of fused-ring (bicyclic) bond motifs is 1. The Morgan fingerprint density at radius 2 is 2.00 bits per heavy atom. The Morgan fingerprint density at radius 3 is 2.69 bits per heavy atom. The van der Waals surface area contributed by atoms with E-state index in [2.05, 4.69) is 20.2 Å². The first-order valence-corrected chi connectivity index (χ1v) is 10.3. The molecule has 4 rings (SSSR count). The topological polar surface area (TPSA) is 78.1 Å². The van der Waals surface area contributed by atoms with Gasteiger partial charge in [0.2, 0.25) is 5.91 Å². The summed E-state index contributed by atoms with van der Waals surface area (Å²) in [5, 5.41) is 3.83. The summed E-state index contributed by atoms with van der Waals surface area (Å²) < 4.78 is 0. The molecule has 26 heavy (non-hydrogen) atoms. The van der Waals surface area contributed by atoms with Gasteiger partial charge in [-0.05, 0) is 45.1 Å². The first kappa shape index (κ1) is 17.7. The molecule has 2 aromatic heterocycles. The zero-order valence-electron chi connectivity index (χ0n) is 15.4. The molecule has 1 aliphatic carbocycles. The van der Waals surface area contributed by atoms with Gasteiger partial charge in [-0.25, -0.2) is 4.98 Å². The number of thiophene rings is 1. The molecule has 2 aromatic rings. The number of rotatable bonds is 5. The van der Waals surface area contributed by atoms with Crippen LogP contribution in [0.3, 0.4) is 0 Å². The van der Waals surface area contributed by atoms with Crippen LogP contribution in [0.15, 0.2) is 4.79 Å². The van der Waals surface area contributed by atoms with E-state index in [4.69, 9.17) is 0 Å². The number of nitrogens with one attached hydrogen (secondary N) is 2. The van der Waals surface area contributed by atoms with Crippen LogP contribution in [0.1, 0.15) is 48.4 Å². The highest BCUT2D eigenvalue weighted by Gasteiger charge is 2.32. The summed E-state index contributed by atoms with van der Waals surface area (Å²) in [7, 11) is 0. The van der Waals surface area contributed by atoms with Crippen molar-refractivity contribution >= 4 is 27.5 Å². The Balaban J connectivity index is 1.31. The third kappa shape index (κ3) is 3.69. The van der Waals surface area contributed by atoms with Crippen molar-refractivity contribution in [1.29, 1.82) is 0 Å². The van der Waals surface area contributed by atoms with Gasteiger partial charge >= 0.3 is 0 Å². The highest BCUT2D eigenvalue weighted by Crippen LogP contribution is 2.29. The van der Waals surface area contributed by atoms with Crippen LogP contribution >= 0.6 is 11.3 Å². The number of nitrogens with zero attached hydrogens (tertiary/aromatic N) is 2. The molecule has 7 heteroatoms. The summed E-state index contributed by atoms with van der Waals surface area (Å²) in [5.74, 6) is 0.651. The molecule has 2 aliphatic rings. The van der Waals surface area contributed by atoms with E-state index in [1.54, 1.807) is 11.3 Å². The number of carbonyl (C=O) groups excluding carboxylic acids is 1. The zero-order chi connectivity index (χ0) is 18.3. The lowest BCUT2D eigenvalue weighted by atomic mass is 10.0. The van der Waals surface area contributed by atoms with E-state index in [0.717, 1.165) is 47.2 Å². The maximum Gasteiger partial charge on any atom is 0.259 e. The van der Waals surface area contributed by atoms with Crippen LogP contribution in [-0.4, -0.2) is 45.9 Å². The van der Waals surface area contributed by atoms with Gasteiger partial charge in [0.1, 0.15) is 10.7 Å². The Labute approximate surface area is 157 Å². The number of aryl methyl sites for hydroxylation is 3. The molecule has 0 radical (unpaired) electrons. The molecular formula is C19H26N4O2S. The second kappa shape index (κ2) is 7.12. The van der Waals surface area contributed by atoms with E-state index in [1.807, 2.05) is 13.8 Å². The van der Waals surface area contributed by atoms with Gasteiger partial charge in [0, 0.05) is 42.9 Å². The quantitative estimate of drug-likeness (QED) is 0.842. The van der Waals surface area contributed by atoms with Crippen LogP contribution in [0.2, 0.25) is 0 Å². The average molecular weight is 375 g/mol. The number of aromatic nitrogens is 2. The van der Waals surface area contributed by atoms with Crippen molar-refractivity contribution in [2.75, 3.05) is 13.1 Å². The number of aromatic amines is 1. The van der Waals surface area contributed by atoms with E-state index >= 15 is 0 Å². The molecule has 0 aromatic carbocycles. The monoisotopic (exact) mass is 374 g/mol. The van der Waals surface area contributed by atoms with Crippen LogP contribution in [-0.2, 0) is 11.2 Å². The normalized spacial score (nSPS) is 19.2. The maximum absolute atomic E-state index is 12.3. The third-order valence-electron chi connectivity index (χ3n) is 5.63. The number of carbonyl (C=O) groups is 1. The molecule has 2 fully saturated rings. The summed E-state index contributed by atoms with van der Waals surface area (Å²) in [6.07, 6.45) is 5.59. The van der Waals surface area contributed by atoms with Crippen molar-refractivity contribution in [2.24, 2.45) is 0 Å². The number of amides is 1. The molecule has 0 unspecified atom stereocenters. The van der Waals surface area contributed by atoms with Crippen LogP contribution in [0.25, 0.3) is 10.2 Å². The molecule has 0 bridgehead atoms. The SMILES string of the molecule is Cc1sc2nc(CCC(=O)NC3CCN(C4CC4)CC3)[nH]c(=O)c2c1C. The zero-order valence-corrected chi connectivity index (χ0v) is 16.2. The molecule has 2 N–H and O–H groups in total. The summed E-state index contributed by atoms with van der Waals surface area (Å²) in [6.45, 7) is 6.14. The molecule has 0 atom stereocenters. The van der Waals surface area contributed by atoms with Crippen molar-refractivity contribution in [2.45, 2.75) is 64.5 Å². The van der Waals surface area contributed by atoms with E-state index in [-0.39, 0.29) is 17.5 Å². The van der Waals surface area contributed by atoms with Crippen LogP contribution in [0.4, 0.5) is 0 Å². The van der Waals surface area contributed by atoms with Gasteiger partial charge in [0.25, 0.3) is 5.56 Å². The lowest BCUT2D eigenvalue weighted by Gasteiger charge is -2.32. The van der Waals surface area contributed by atoms with Crippen molar-refractivity contribution in [1.82, 2.24) is 20.2 Å². The van der Waals surface area contributed by atoms with E-state index in [9.17, 15) is 9.59 Å². The lowest BCUT2D eigenvalue weighted by molar-refractivity contribution is -0.122. The lowest BCUT2D eigenvalue weighted by Crippen LogP contribution is -2.45. The van der Waals surface area contributed by atoms with Gasteiger partial charge in [0.15, 0.2) is 0 Å². The van der Waals surface area contributed by atoms with E-state index < -0.39 is 0 Å². The van der Waals surface area contributed by atoms with Crippen molar-refractivity contribution in [3.8, 4) is 0 Å². The summed E-state index contributed by atoms with van der Waals surface area (Å²) in [5.41, 5.74) is 0.903. The van der Waals surface area contributed by atoms with Gasteiger partial charge in [0.05, 0.1) is 5.39 Å². The standard InChI is InChI=1S/C19H26N4O2S/c1-11-12(2)26-19-17(11)18(25)21-15(22-19)5-6-16(24)20-13-7-9-23(10-8-13)14-3-4-14/h13-14H,3-10H2,1-2H3,(H,20,24)(H,21,22,25). The Kier molecular flexibility index (Phi) is 4.84. The minimum absolute atomic E-state index is 0.0520. The largest absolute Gasteiger partial charge is 0.353 e. The Bertz CT molecular complexity index is 876. The number of piperidine rings is 1.